The lowest BCUT2D eigenvalue weighted by Gasteiger charge is -2.29. The molecule has 3 heterocycles. The summed E-state index contributed by atoms with van der Waals surface area (Å²) in [6, 6.07) is 11.5. The number of amides is 2. The second-order valence-corrected chi connectivity index (χ2v) is 7.74. The number of aromatic amines is 1. The average molecular weight is 435 g/mol. The van der Waals surface area contributed by atoms with Crippen molar-refractivity contribution < 1.29 is 9.53 Å². The highest BCUT2D eigenvalue weighted by Crippen LogP contribution is 2.32. The second-order valence-electron chi connectivity index (χ2n) is 7.30. The van der Waals surface area contributed by atoms with Crippen molar-refractivity contribution in [2.24, 2.45) is 0 Å². The molecule has 2 amide bonds. The van der Waals surface area contributed by atoms with E-state index in [1.807, 2.05) is 36.4 Å². The van der Waals surface area contributed by atoms with Crippen LogP contribution in [0, 0.1) is 0 Å². The summed E-state index contributed by atoms with van der Waals surface area (Å²) < 4.78 is 5.08. The van der Waals surface area contributed by atoms with Crippen LogP contribution in [-0.4, -0.2) is 44.8 Å². The minimum Gasteiger partial charge on any atom is -0.480 e. The van der Waals surface area contributed by atoms with E-state index in [1.54, 1.807) is 24.4 Å². The van der Waals surface area contributed by atoms with Crippen molar-refractivity contribution in [2.75, 3.05) is 19.0 Å². The number of carbonyl (C=O) groups excluding carboxylic acids is 1. The number of halogens is 1. The summed E-state index contributed by atoms with van der Waals surface area (Å²) in [6.07, 6.45) is 3.92. The molecule has 2 N–H and O–H groups in total. The van der Waals surface area contributed by atoms with E-state index in [1.165, 1.54) is 0 Å². The molecule has 2 aromatic heterocycles. The number of urea groups is 1. The van der Waals surface area contributed by atoms with Crippen molar-refractivity contribution >= 4 is 34.2 Å². The molecule has 31 heavy (non-hydrogen) atoms. The zero-order chi connectivity index (χ0) is 21.4. The number of nitrogens with zero attached hydrogens (tertiary/aromatic N) is 4. The third-order valence-corrected chi connectivity index (χ3v) is 5.55. The molecule has 0 atom stereocenters. The highest BCUT2D eigenvalue weighted by molar-refractivity contribution is 6.30. The van der Waals surface area contributed by atoms with Crippen molar-refractivity contribution in [3.63, 3.8) is 0 Å². The fraction of sp³-hybridized carbons (Fsp3) is 0.182. The van der Waals surface area contributed by atoms with E-state index in [2.05, 4.69) is 25.5 Å². The normalized spacial score (nSPS) is 13.2. The minimum atomic E-state index is -0.116. The van der Waals surface area contributed by atoms with Gasteiger partial charge in [0, 0.05) is 29.2 Å². The van der Waals surface area contributed by atoms with Crippen LogP contribution in [0.25, 0.3) is 22.3 Å². The van der Waals surface area contributed by atoms with Crippen molar-refractivity contribution in [3.05, 3.63) is 64.9 Å². The Morgan fingerprint density at radius 1 is 1.19 bits per heavy atom. The largest absolute Gasteiger partial charge is 0.480 e. The van der Waals surface area contributed by atoms with E-state index in [9.17, 15) is 4.79 Å². The van der Waals surface area contributed by atoms with Crippen LogP contribution in [0.15, 0.2) is 48.8 Å². The smallest absolute Gasteiger partial charge is 0.322 e. The lowest BCUT2D eigenvalue weighted by molar-refractivity contribution is 0.207. The standard InChI is InChI=1S/C22H19ClN6O2/c1-31-20-11-24-19(10-25-20)21-16-8-14-12-29(6-5-13-3-2-4-15(23)7-13)22(30)26-17(14)9-18(16)27-28-21/h2-4,7-11H,5-6,12H2,1H3,(H,26,30)(H,27,28). The number of nitrogens with one attached hydrogen (secondary N) is 2. The summed E-state index contributed by atoms with van der Waals surface area (Å²) in [6.45, 7) is 1.10. The lowest BCUT2D eigenvalue weighted by Crippen LogP contribution is -2.39. The van der Waals surface area contributed by atoms with E-state index in [4.69, 9.17) is 16.3 Å². The van der Waals surface area contributed by atoms with Crippen LogP contribution in [0.2, 0.25) is 5.02 Å². The highest BCUT2D eigenvalue weighted by atomic mass is 35.5. The average Bonchev–Trinajstić information content (AvgIpc) is 3.19. The number of rotatable bonds is 5. The predicted octanol–water partition coefficient (Wildman–Crippen LogP) is 4.27. The Morgan fingerprint density at radius 3 is 2.87 bits per heavy atom. The van der Waals surface area contributed by atoms with E-state index in [0.29, 0.717) is 35.4 Å². The Bertz CT molecular complexity index is 1270. The van der Waals surface area contributed by atoms with Gasteiger partial charge in [-0.3, -0.25) is 5.10 Å². The number of H-pyrrole nitrogens is 1. The minimum absolute atomic E-state index is 0.116. The van der Waals surface area contributed by atoms with E-state index < -0.39 is 0 Å². The quantitative estimate of drug-likeness (QED) is 0.489. The van der Waals surface area contributed by atoms with Crippen molar-refractivity contribution in [1.82, 2.24) is 25.1 Å². The molecule has 0 spiro atoms. The van der Waals surface area contributed by atoms with E-state index in [-0.39, 0.29) is 6.03 Å². The molecule has 9 heteroatoms. The molecule has 0 unspecified atom stereocenters. The molecule has 8 nitrogen and oxygen atoms in total. The number of methoxy groups -OCH3 is 1. The first kappa shape index (κ1) is 19.3. The monoisotopic (exact) mass is 434 g/mol. The van der Waals surface area contributed by atoms with Gasteiger partial charge in [-0.2, -0.15) is 5.10 Å². The van der Waals surface area contributed by atoms with Gasteiger partial charge in [0.1, 0.15) is 11.4 Å². The van der Waals surface area contributed by atoms with Crippen LogP contribution < -0.4 is 10.1 Å². The van der Waals surface area contributed by atoms with Gasteiger partial charge in [0.25, 0.3) is 0 Å². The van der Waals surface area contributed by atoms with Gasteiger partial charge >= 0.3 is 6.03 Å². The molecule has 0 bridgehead atoms. The first-order valence-electron chi connectivity index (χ1n) is 9.78. The lowest BCUT2D eigenvalue weighted by atomic mass is 10.0. The molecule has 0 saturated heterocycles. The summed E-state index contributed by atoms with van der Waals surface area (Å²) in [5.74, 6) is 0.444. The van der Waals surface area contributed by atoms with Gasteiger partial charge in [0.15, 0.2) is 0 Å². The van der Waals surface area contributed by atoms with Crippen LogP contribution in [-0.2, 0) is 13.0 Å². The maximum Gasteiger partial charge on any atom is 0.322 e. The zero-order valence-corrected chi connectivity index (χ0v) is 17.5. The van der Waals surface area contributed by atoms with Crippen molar-refractivity contribution in [3.8, 4) is 17.3 Å². The maximum atomic E-state index is 12.6. The summed E-state index contributed by atoms with van der Waals surface area (Å²) in [5, 5.41) is 12.0. The van der Waals surface area contributed by atoms with Gasteiger partial charge < -0.3 is 15.0 Å². The Hall–Kier alpha value is -3.65. The Labute approximate surface area is 183 Å². The molecular formula is C22H19ClN6O2. The Morgan fingerprint density at radius 2 is 2.10 bits per heavy atom. The summed E-state index contributed by atoms with van der Waals surface area (Å²) in [5.41, 5.74) is 5.06. The zero-order valence-electron chi connectivity index (χ0n) is 16.7. The molecule has 0 radical (unpaired) electrons. The molecule has 156 valence electrons. The molecule has 2 aromatic carbocycles. The molecule has 1 aliphatic rings. The van der Waals surface area contributed by atoms with E-state index >= 15 is 0 Å². The van der Waals surface area contributed by atoms with Gasteiger partial charge in [-0.1, -0.05) is 23.7 Å². The van der Waals surface area contributed by atoms with Crippen molar-refractivity contribution in [2.45, 2.75) is 13.0 Å². The highest BCUT2D eigenvalue weighted by Gasteiger charge is 2.24. The van der Waals surface area contributed by atoms with Crippen LogP contribution in [0.1, 0.15) is 11.1 Å². The molecule has 0 fully saturated rings. The van der Waals surface area contributed by atoms with Gasteiger partial charge in [-0.25, -0.2) is 14.8 Å². The molecule has 4 aromatic rings. The number of aromatic nitrogens is 4. The van der Waals surface area contributed by atoms with Crippen LogP contribution in [0.3, 0.4) is 0 Å². The third kappa shape index (κ3) is 3.77. The molecule has 1 aliphatic heterocycles. The molecular weight excluding hydrogens is 416 g/mol. The van der Waals surface area contributed by atoms with Crippen LogP contribution >= 0.6 is 11.6 Å². The van der Waals surface area contributed by atoms with Gasteiger partial charge in [-0.05, 0) is 41.8 Å². The summed E-state index contributed by atoms with van der Waals surface area (Å²) >= 11 is 6.07. The first-order chi connectivity index (χ1) is 15.1. The third-order valence-electron chi connectivity index (χ3n) is 5.32. The molecule has 0 saturated carbocycles. The van der Waals surface area contributed by atoms with Crippen molar-refractivity contribution in [1.29, 1.82) is 0 Å². The first-order valence-corrected chi connectivity index (χ1v) is 10.2. The SMILES string of the molecule is COc1cnc(-c2n[nH]c3cc4c(cc23)CN(CCc2cccc(Cl)c2)C(=O)N4)cn1. The van der Waals surface area contributed by atoms with Gasteiger partial charge in [0.05, 0.1) is 25.0 Å². The van der Waals surface area contributed by atoms with Gasteiger partial charge in [-0.15, -0.1) is 0 Å². The number of fused-ring (bicyclic) bond motifs is 2. The fourth-order valence-electron chi connectivity index (χ4n) is 3.70. The number of ether oxygens (including phenoxy) is 1. The number of carbonyl (C=O) groups is 1. The Kier molecular flexibility index (Phi) is 4.91. The van der Waals surface area contributed by atoms with Crippen LogP contribution in [0.5, 0.6) is 5.88 Å². The second kappa shape index (κ2) is 7.88. The number of hydrogen-bond donors (Lipinski definition) is 2. The Balaban J connectivity index is 1.41. The summed E-state index contributed by atoms with van der Waals surface area (Å²) in [4.78, 5) is 23.0. The van der Waals surface area contributed by atoms with Crippen LogP contribution in [0.4, 0.5) is 10.5 Å². The predicted molar refractivity (Wildman–Crippen MR) is 118 cm³/mol. The van der Waals surface area contributed by atoms with Gasteiger partial charge in [0.2, 0.25) is 5.88 Å². The number of hydrogen-bond acceptors (Lipinski definition) is 5. The molecule has 5 rings (SSSR count). The summed E-state index contributed by atoms with van der Waals surface area (Å²) in [7, 11) is 1.55. The fourth-order valence-corrected chi connectivity index (χ4v) is 3.92. The topological polar surface area (TPSA) is 96.0 Å². The molecule has 0 aliphatic carbocycles. The van der Waals surface area contributed by atoms with E-state index in [0.717, 1.165) is 34.1 Å². The maximum absolute atomic E-state index is 12.6. The number of benzene rings is 2. The number of anilines is 1.